The third kappa shape index (κ3) is 4.96. The summed E-state index contributed by atoms with van der Waals surface area (Å²) in [5.41, 5.74) is 12.8. The summed E-state index contributed by atoms with van der Waals surface area (Å²) >= 11 is 0. The van der Waals surface area contributed by atoms with Gasteiger partial charge in [-0.15, -0.1) is 0 Å². The van der Waals surface area contributed by atoms with Crippen molar-refractivity contribution in [1.82, 2.24) is 0 Å². The molecule has 2 unspecified atom stereocenters. The van der Waals surface area contributed by atoms with E-state index in [1.807, 2.05) is 0 Å². The van der Waals surface area contributed by atoms with Gasteiger partial charge in [0.1, 0.15) is 0 Å². The van der Waals surface area contributed by atoms with Crippen molar-refractivity contribution in [3.63, 3.8) is 0 Å². The van der Waals surface area contributed by atoms with E-state index in [0.717, 1.165) is 12.8 Å². The lowest BCUT2D eigenvalue weighted by molar-refractivity contribution is 0.269. The highest BCUT2D eigenvalue weighted by Crippen LogP contribution is 2.59. The zero-order chi connectivity index (χ0) is 25.0. The van der Waals surface area contributed by atoms with Gasteiger partial charge < -0.3 is 0 Å². The highest BCUT2D eigenvalue weighted by atomic mass is 14.5. The molecule has 0 nitrogen and oxygen atoms in total. The van der Waals surface area contributed by atoms with Crippen molar-refractivity contribution in [2.24, 2.45) is 5.41 Å². The third-order valence-corrected chi connectivity index (χ3v) is 8.89. The summed E-state index contributed by atoms with van der Waals surface area (Å²) in [5.74, 6) is 0.978. The largest absolute Gasteiger partial charge is 0.0654 e. The van der Waals surface area contributed by atoms with Gasteiger partial charge in [-0.2, -0.15) is 0 Å². The van der Waals surface area contributed by atoms with E-state index in [0.29, 0.717) is 11.8 Å². The number of aryl methyl sites for hydroxylation is 2. The number of allylic oxidation sites excluding steroid dienone is 2. The van der Waals surface area contributed by atoms with Crippen molar-refractivity contribution >= 4 is 12.2 Å². The number of fused-ring (bicyclic) bond motifs is 2. The highest BCUT2D eigenvalue weighted by molar-refractivity contribution is 5.73. The van der Waals surface area contributed by atoms with Crippen LogP contribution < -0.4 is 0 Å². The molecular weight excluding hydrogens is 420 g/mol. The van der Waals surface area contributed by atoms with Gasteiger partial charge in [0.15, 0.2) is 0 Å². The third-order valence-electron chi connectivity index (χ3n) is 8.89. The standard InChI is InChI=1S/C35H48/c1-7-11-13-17-27-19-15-21-29-31(27)23-25(9-3)33(29)35(5,6)34-26(10-4)24-32-28(18-14-12-8-2)20-16-22-30(32)34/h15-16,19-24,33-34H,7-14,17-18H2,1-6H3. The molecule has 0 amide bonds. The molecule has 2 aromatic rings. The first-order valence-corrected chi connectivity index (χ1v) is 14.6. The molecule has 0 saturated heterocycles. The predicted octanol–water partition coefficient (Wildman–Crippen LogP) is 10.7. The van der Waals surface area contributed by atoms with E-state index in [1.165, 1.54) is 51.4 Å². The summed E-state index contributed by atoms with van der Waals surface area (Å²) in [6.45, 7) is 14.5. The number of hydrogen-bond donors (Lipinski definition) is 0. The molecule has 2 aliphatic rings. The van der Waals surface area contributed by atoms with Gasteiger partial charge in [-0.1, -0.05) is 127 Å². The lowest BCUT2D eigenvalue weighted by Crippen LogP contribution is -2.30. The smallest absolute Gasteiger partial charge is 0.0118 e. The summed E-state index contributed by atoms with van der Waals surface area (Å²) < 4.78 is 0. The maximum absolute atomic E-state index is 2.58. The summed E-state index contributed by atoms with van der Waals surface area (Å²) in [6.07, 6.45) is 17.7. The summed E-state index contributed by atoms with van der Waals surface area (Å²) in [4.78, 5) is 0. The zero-order valence-electron chi connectivity index (χ0n) is 23.3. The molecule has 0 saturated carbocycles. The molecule has 2 aromatic carbocycles. The van der Waals surface area contributed by atoms with Gasteiger partial charge in [0.2, 0.25) is 0 Å². The van der Waals surface area contributed by atoms with E-state index >= 15 is 0 Å². The van der Waals surface area contributed by atoms with Crippen molar-refractivity contribution in [3.8, 4) is 0 Å². The second-order valence-corrected chi connectivity index (χ2v) is 11.6. The molecule has 0 aromatic heterocycles. The van der Waals surface area contributed by atoms with Crippen LogP contribution in [-0.2, 0) is 12.8 Å². The predicted molar refractivity (Wildman–Crippen MR) is 155 cm³/mol. The summed E-state index contributed by atoms with van der Waals surface area (Å²) in [7, 11) is 0. The Bertz CT molecular complexity index is 992. The van der Waals surface area contributed by atoms with Crippen LogP contribution in [-0.4, -0.2) is 0 Å². The molecule has 4 rings (SSSR count). The van der Waals surface area contributed by atoms with Crippen LogP contribution in [0.2, 0.25) is 0 Å². The molecule has 0 radical (unpaired) electrons. The van der Waals surface area contributed by atoms with E-state index in [2.05, 4.69) is 90.1 Å². The molecule has 0 bridgehead atoms. The number of benzene rings is 2. The summed E-state index contributed by atoms with van der Waals surface area (Å²) in [6, 6.07) is 14.3. The first kappa shape index (κ1) is 26.0. The molecule has 0 N–H and O–H groups in total. The molecule has 0 aliphatic heterocycles. The van der Waals surface area contributed by atoms with Gasteiger partial charge in [0.05, 0.1) is 0 Å². The van der Waals surface area contributed by atoms with E-state index in [4.69, 9.17) is 0 Å². The van der Waals surface area contributed by atoms with Crippen LogP contribution in [0.15, 0.2) is 47.5 Å². The van der Waals surface area contributed by atoms with Gasteiger partial charge in [-0.3, -0.25) is 0 Å². The fraction of sp³-hybridized carbons (Fsp3) is 0.543. The molecule has 2 atom stereocenters. The van der Waals surface area contributed by atoms with Crippen LogP contribution in [0.5, 0.6) is 0 Å². The Kier molecular flexibility index (Phi) is 8.41. The fourth-order valence-corrected chi connectivity index (χ4v) is 7.16. The van der Waals surface area contributed by atoms with Crippen LogP contribution in [0, 0.1) is 5.41 Å². The Hall–Kier alpha value is -2.08. The van der Waals surface area contributed by atoms with Crippen molar-refractivity contribution in [2.45, 2.75) is 118 Å². The van der Waals surface area contributed by atoms with Crippen molar-refractivity contribution in [1.29, 1.82) is 0 Å². The van der Waals surface area contributed by atoms with E-state index in [9.17, 15) is 0 Å². The lowest BCUT2D eigenvalue weighted by Gasteiger charge is -2.42. The molecule has 188 valence electrons. The van der Waals surface area contributed by atoms with Crippen molar-refractivity contribution < 1.29 is 0 Å². The van der Waals surface area contributed by atoms with Crippen LogP contribution in [0.4, 0.5) is 0 Å². The van der Waals surface area contributed by atoms with Crippen LogP contribution in [0.3, 0.4) is 0 Å². The molecule has 2 aliphatic carbocycles. The quantitative estimate of drug-likeness (QED) is 0.272. The zero-order valence-corrected chi connectivity index (χ0v) is 23.3. The first-order chi connectivity index (χ1) is 17.0. The molecule has 0 fully saturated rings. The fourth-order valence-electron chi connectivity index (χ4n) is 7.16. The highest BCUT2D eigenvalue weighted by Gasteiger charge is 2.46. The second kappa shape index (κ2) is 11.3. The number of unbranched alkanes of at least 4 members (excludes halogenated alkanes) is 4. The van der Waals surface area contributed by atoms with Crippen LogP contribution in [0.1, 0.15) is 138 Å². The Balaban J connectivity index is 1.73. The van der Waals surface area contributed by atoms with E-state index in [1.54, 1.807) is 44.5 Å². The van der Waals surface area contributed by atoms with Crippen molar-refractivity contribution in [2.75, 3.05) is 0 Å². The topological polar surface area (TPSA) is 0 Å². The molecule has 0 heteroatoms. The minimum absolute atomic E-state index is 0.129. The minimum atomic E-state index is 0.129. The van der Waals surface area contributed by atoms with E-state index < -0.39 is 0 Å². The Labute approximate surface area is 215 Å². The van der Waals surface area contributed by atoms with Crippen molar-refractivity contribution in [3.05, 3.63) is 80.9 Å². The van der Waals surface area contributed by atoms with Gasteiger partial charge in [-0.25, -0.2) is 0 Å². The molecule has 35 heavy (non-hydrogen) atoms. The molecular formula is C35H48. The molecule has 0 heterocycles. The first-order valence-electron chi connectivity index (χ1n) is 14.6. The second-order valence-electron chi connectivity index (χ2n) is 11.6. The monoisotopic (exact) mass is 468 g/mol. The van der Waals surface area contributed by atoms with Crippen LogP contribution in [0.25, 0.3) is 12.2 Å². The maximum atomic E-state index is 2.58. The number of hydrogen-bond acceptors (Lipinski definition) is 0. The summed E-state index contributed by atoms with van der Waals surface area (Å²) in [5, 5.41) is 0. The minimum Gasteiger partial charge on any atom is -0.0654 e. The molecule has 0 spiro atoms. The number of rotatable bonds is 12. The van der Waals surface area contributed by atoms with Gasteiger partial charge in [0, 0.05) is 11.8 Å². The average Bonchev–Trinajstić information content (AvgIpc) is 3.44. The van der Waals surface area contributed by atoms with Gasteiger partial charge in [-0.05, 0) is 77.3 Å². The Morgan fingerprint density at radius 3 is 1.40 bits per heavy atom. The maximum Gasteiger partial charge on any atom is 0.0118 e. The van der Waals surface area contributed by atoms with Gasteiger partial charge >= 0.3 is 0 Å². The lowest BCUT2D eigenvalue weighted by atomic mass is 9.61. The van der Waals surface area contributed by atoms with E-state index in [-0.39, 0.29) is 5.41 Å². The SMILES string of the molecule is CCCCCc1cccc2c1C=C(CC)C2C(C)(C)C1C(CC)=Cc2c(CCCCC)cccc21. The average molecular weight is 469 g/mol. The Morgan fingerprint density at radius 2 is 1.03 bits per heavy atom. The van der Waals surface area contributed by atoms with Gasteiger partial charge in [0.25, 0.3) is 0 Å². The normalized spacial score (nSPS) is 18.9. The van der Waals surface area contributed by atoms with Crippen LogP contribution >= 0.6 is 0 Å². The Morgan fingerprint density at radius 1 is 0.600 bits per heavy atom.